The molecule has 2 amide bonds. The SMILES string of the molecule is CC(C)NC(=O)N1CCC(Cc2c3c(cc4c2OCC4)OCC3)CC1. The first-order valence-corrected chi connectivity index (χ1v) is 9.60. The van der Waals surface area contributed by atoms with E-state index in [0.29, 0.717) is 5.92 Å². The van der Waals surface area contributed by atoms with Gasteiger partial charge in [-0.1, -0.05) is 0 Å². The number of nitrogens with zero attached hydrogens (tertiary/aromatic N) is 1. The van der Waals surface area contributed by atoms with Gasteiger partial charge < -0.3 is 19.7 Å². The van der Waals surface area contributed by atoms with Crippen molar-refractivity contribution in [1.29, 1.82) is 0 Å². The summed E-state index contributed by atoms with van der Waals surface area (Å²) in [5.74, 6) is 2.82. The fraction of sp³-hybridized carbons (Fsp3) is 0.650. The van der Waals surface area contributed by atoms with Gasteiger partial charge in [-0.05, 0) is 45.1 Å². The summed E-state index contributed by atoms with van der Waals surface area (Å²) in [6, 6.07) is 2.45. The van der Waals surface area contributed by atoms with E-state index in [1.54, 1.807) is 0 Å². The van der Waals surface area contributed by atoms with Crippen LogP contribution in [0, 0.1) is 5.92 Å². The molecule has 0 bridgehead atoms. The molecule has 0 aliphatic carbocycles. The third-order valence-corrected chi connectivity index (χ3v) is 5.57. The predicted octanol–water partition coefficient (Wildman–Crippen LogP) is 2.93. The van der Waals surface area contributed by atoms with Crippen molar-refractivity contribution < 1.29 is 14.3 Å². The zero-order chi connectivity index (χ0) is 17.4. The molecular formula is C20H28N2O3. The number of urea groups is 1. The molecule has 0 atom stereocenters. The van der Waals surface area contributed by atoms with Crippen molar-refractivity contribution in [2.24, 2.45) is 5.92 Å². The largest absolute Gasteiger partial charge is 0.493 e. The number of ether oxygens (including phenoxy) is 2. The Hall–Kier alpha value is -1.91. The highest BCUT2D eigenvalue weighted by molar-refractivity contribution is 5.74. The Morgan fingerprint density at radius 3 is 2.76 bits per heavy atom. The van der Waals surface area contributed by atoms with Gasteiger partial charge in [0.1, 0.15) is 11.5 Å². The van der Waals surface area contributed by atoms with Gasteiger partial charge in [0.15, 0.2) is 0 Å². The number of hydrogen-bond acceptors (Lipinski definition) is 3. The van der Waals surface area contributed by atoms with Crippen molar-refractivity contribution in [1.82, 2.24) is 10.2 Å². The third kappa shape index (κ3) is 3.29. The Morgan fingerprint density at radius 2 is 2.00 bits per heavy atom. The van der Waals surface area contributed by atoms with E-state index in [0.717, 1.165) is 69.9 Å². The highest BCUT2D eigenvalue weighted by atomic mass is 16.5. The third-order valence-electron chi connectivity index (χ3n) is 5.57. The molecule has 136 valence electrons. The van der Waals surface area contributed by atoms with E-state index >= 15 is 0 Å². The second-order valence-electron chi connectivity index (χ2n) is 7.76. The van der Waals surface area contributed by atoms with Crippen LogP contribution < -0.4 is 14.8 Å². The zero-order valence-corrected chi connectivity index (χ0v) is 15.3. The monoisotopic (exact) mass is 344 g/mol. The Balaban J connectivity index is 1.44. The van der Waals surface area contributed by atoms with Crippen LogP contribution in [0.3, 0.4) is 0 Å². The molecule has 3 heterocycles. The first-order chi connectivity index (χ1) is 12.1. The van der Waals surface area contributed by atoms with Crippen LogP contribution >= 0.6 is 0 Å². The predicted molar refractivity (Wildman–Crippen MR) is 96.5 cm³/mol. The van der Waals surface area contributed by atoms with Crippen LogP contribution in [0.5, 0.6) is 11.5 Å². The van der Waals surface area contributed by atoms with Gasteiger partial charge in [0.25, 0.3) is 0 Å². The smallest absolute Gasteiger partial charge is 0.317 e. The Bertz CT molecular complexity index is 631. The van der Waals surface area contributed by atoms with Crippen molar-refractivity contribution in [2.45, 2.75) is 52.0 Å². The molecular weight excluding hydrogens is 316 g/mol. The minimum Gasteiger partial charge on any atom is -0.493 e. The number of carbonyl (C=O) groups excluding carboxylic acids is 1. The lowest BCUT2D eigenvalue weighted by molar-refractivity contribution is 0.168. The summed E-state index contributed by atoms with van der Waals surface area (Å²) in [6.45, 7) is 7.28. The van der Waals surface area contributed by atoms with Crippen molar-refractivity contribution >= 4 is 6.03 Å². The topological polar surface area (TPSA) is 50.8 Å². The van der Waals surface area contributed by atoms with E-state index in [4.69, 9.17) is 9.47 Å². The number of piperidine rings is 1. The molecule has 1 fully saturated rings. The summed E-state index contributed by atoms with van der Waals surface area (Å²) < 4.78 is 11.8. The molecule has 0 unspecified atom stereocenters. The van der Waals surface area contributed by atoms with E-state index in [9.17, 15) is 4.79 Å². The summed E-state index contributed by atoms with van der Waals surface area (Å²) in [5.41, 5.74) is 4.05. The highest BCUT2D eigenvalue weighted by Crippen LogP contribution is 2.42. The maximum absolute atomic E-state index is 12.2. The fourth-order valence-corrected chi connectivity index (χ4v) is 4.27. The van der Waals surface area contributed by atoms with Gasteiger partial charge in [-0.15, -0.1) is 0 Å². The lowest BCUT2D eigenvalue weighted by atomic mass is 9.86. The molecule has 1 aromatic rings. The number of nitrogens with one attached hydrogen (secondary N) is 1. The number of fused-ring (bicyclic) bond motifs is 2. The quantitative estimate of drug-likeness (QED) is 0.917. The van der Waals surface area contributed by atoms with E-state index in [-0.39, 0.29) is 12.1 Å². The standard InChI is InChI=1S/C20H28N2O3/c1-13(2)21-20(23)22-7-3-14(4-8-22)11-17-16-6-10-24-18(16)12-15-5-9-25-19(15)17/h12-14H,3-11H2,1-2H3,(H,21,23). The minimum absolute atomic E-state index is 0.0756. The minimum atomic E-state index is 0.0756. The summed E-state index contributed by atoms with van der Waals surface area (Å²) in [4.78, 5) is 14.1. The molecule has 1 N–H and O–H groups in total. The summed E-state index contributed by atoms with van der Waals surface area (Å²) in [6.07, 6.45) is 5.16. The number of likely N-dealkylation sites (tertiary alicyclic amines) is 1. The maximum Gasteiger partial charge on any atom is 0.317 e. The first kappa shape index (κ1) is 16.6. The van der Waals surface area contributed by atoms with Crippen LogP contribution in [0.1, 0.15) is 43.4 Å². The first-order valence-electron chi connectivity index (χ1n) is 9.60. The van der Waals surface area contributed by atoms with E-state index < -0.39 is 0 Å². The molecule has 3 aliphatic rings. The van der Waals surface area contributed by atoms with Gasteiger partial charge in [0, 0.05) is 48.7 Å². The van der Waals surface area contributed by atoms with Gasteiger partial charge >= 0.3 is 6.03 Å². The van der Waals surface area contributed by atoms with E-state index in [1.807, 2.05) is 18.7 Å². The van der Waals surface area contributed by atoms with Crippen LogP contribution in [0.15, 0.2) is 6.07 Å². The maximum atomic E-state index is 12.2. The number of rotatable bonds is 3. The zero-order valence-electron chi connectivity index (χ0n) is 15.3. The number of carbonyl (C=O) groups is 1. The van der Waals surface area contributed by atoms with Gasteiger partial charge in [-0.2, -0.15) is 0 Å². The summed E-state index contributed by atoms with van der Waals surface area (Å²) in [5, 5.41) is 3.00. The van der Waals surface area contributed by atoms with E-state index in [1.165, 1.54) is 16.7 Å². The summed E-state index contributed by atoms with van der Waals surface area (Å²) >= 11 is 0. The molecule has 5 heteroatoms. The lowest BCUT2D eigenvalue weighted by Crippen LogP contribution is -2.46. The van der Waals surface area contributed by atoms with Crippen molar-refractivity contribution in [3.63, 3.8) is 0 Å². The molecule has 1 saturated heterocycles. The molecule has 3 aliphatic heterocycles. The summed E-state index contributed by atoms with van der Waals surface area (Å²) in [7, 11) is 0. The fourth-order valence-electron chi connectivity index (χ4n) is 4.27. The average Bonchev–Trinajstić information content (AvgIpc) is 3.23. The number of amides is 2. The van der Waals surface area contributed by atoms with Gasteiger partial charge in [-0.3, -0.25) is 0 Å². The molecule has 1 aromatic carbocycles. The Kier molecular flexibility index (Phi) is 4.48. The molecule has 0 aromatic heterocycles. The normalized spacial score (nSPS) is 19.4. The van der Waals surface area contributed by atoms with Crippen molar-refractivity contribution in [3.8, 4) is 11.5 Å². The van der Waals surface area contributed by atoms with Crippen LogP contribution in [-0.4, -0.2) is 43.3 Å². The van der Waals surface area contributed by atoms with Gasteiger partial charge in [-0.25, -0.2) is 4.79 Å². The van der Waals surface area contributed by atoms with E-state index in [2.05, 4.69) is 11.4 Å². The molecule has 4 rings (SSSR count). The average molecular weight is 344 g/mol. The number of benzene rings is 1. The highest BCUT2D eigenvalue weighted by Gasteiger charge is 2.30. The van der Waals surface area contributed by atoms with Gasteiger partial charge in [0.2, 0.25) is 0 Å². The molecule has 5 nitrogen and oxygen atoms in total. The second-order valence-corrected chi connectivity index (χ2v) is 7.76. The lowest BCUT2D eigenvalue weighted by Gasteiger charge is -2.33. The Morgan fingerprint density at radius 1 is 1.24 bits per heavy atom. The van der Waals surface area contributed by atoms with Crippen LogP contribution in [0.2, 0.25) is 0 Å². The van der Waals surface area contributed by atoms with Crippen LogP contribution in [0.25, 0.3) is 0 Å². The molecule has 0 spiro atoms. The molecule has 25 heavy (non-hydrogen) atoms. The van der Waals surface area contributed by atoms with Gasteiger partial charge in [0.05, 0.1) is 13.2 Å². The number of hydrogen-bond donors (Lipinski definition) is 1. The second kappa shape index (κ2) is 6.77. The Labute approximate surface area is 149 Å². The van der Waals surface area contributed by atoms with Crippen molar-refractivity contribution in [3.05, 3.63) is 22.8 Å². The molecule has 0 saturated carbocycles. The molecule has 0 radical (unpaired) electrons. The van der Waals surface area contributed by atoms with Crippen LogP contribution in [-0.2, 0) is 19.3 Å². The van der Waals surface area contributed by atoms with Crippen molar-refractivity contribution in [2.75, 3.05) is 26.3 Å². The van der Waals surface area contributed by atoms with Crippen LogP contribution in [0.4, 0.5) is 4.79 Å².